The number of benzene rings is 2. The third-order valence-corrected chi connectivity index (χ3v) is 5.23. The Labute approximate surface area is 164 Å². The number of nitrogens with one attached hydrogen (secondary N) is 1. The lowest BCUT2D eigenvalue weighted by Crippen LogP contribution is -2.35. The van der Waals surface area contributed by atoms with Crippen molar-refractivity contribution in [3.63, 3.8) is 0 Å². The molecule has 0 radical (unpaired) electrons. The van der Waals surface area contributed by atoms with Crippen molar-refractivity contribution in [1.29, 1.82) is 0 Å². The van der Waals surface area contributed by atoms with E-state index in [1.807, 2.05) is 6.07 Å². The molecule has 0 atom stereocenters. The molecule has 4 rings (SSSR count). The van der Waals surface area contributed by atoms with Crippen LogP contribution in [0.4, 0.5) is 16.2 Å². The first kappa shape index (κ1) is 18.3. The molecule has 1 aliphatic rings. The molecule has 0 bridgehead atoms. The van der Waals surface area contributed by atoms with E-state index in [-0.39, 0.29) is 5.82 Å². The van der Waals surface area contributed by atoms with Gasteiger partial charge in [-0.25, -0.2) is 4.39 Å². The summed E-state index contributed by atoms with van der Waals surface area (Å²) in [7, 11) is 0. The molecule has 3 aromatic rings. The van der Waals surface area contributed by atoms with Crippen LogP contribution in [-0.4, -0.2) is 28.3 Å². The maximum Gasteiger partial charge on any atom is 0.247 e. The minimum atomic E-state index is -0.224. The second kappa shape index (κ2) is 8.78. The monoisotopic (exact) mass is 377 g/mol. The Balaban J connectivity index is 1.33. The van der Waals surface area contributed by atoms with Gasteiger partial charge in [0, 0.05) is 25.2 Å². The standard InChI is InChI=1S/C22H24FN5/c23-20-9-5-4-8-19(20)15-24-21-16-25-27-22(26-21)28-12-10-18(11-13-28)14-17-6-2-1-3-7-17/h1-9,16,18H,10-15H2,(H,24,26,27). The van der Waals surface area contributed by atoms with Crippen LogP contribution in [0.1, 0.15) is 24.0 Å². The van der Waals surface area contributed by atoms with E-state index in [4.69, 9.17) is 0 Å². The summed E-state index contributed by atoms with van der Waals surface area (Å²) < 4.78 is 13.8. The lowest BCUT2D eigenvalue weighted by atomic mass is 9.90. The second-order valence-electron chi connectivity index (χ2n) is 7.21. The Morgan fingerprint density at radius 3 is 2.54 bits per heavy atom. The summed E-state index contributed by atoms with van der Waals surface area (Å²) in [5.74, 6) is 1.71. The topological polar surface area (TPSA) is 53.9 Å². The third-order valence-electron chi connectivity index (χ3n) is 5.23. The van der Waals surface area contributed by atoms with Crippen LogP contribution in [0.25, 0.3) is 0 Å². The van der Waals surface area contributed by atoms with Crippen molar-refractivity contribution in [1.82, 2.24) is 15.2 Å². The highest BCUT2D eigenvalue weighted by atomic mass is 19.1. The zero-order valence-corrected chi connectivity index (χ0v) is 15.8. The highest BCUT2D eigenvalue weighted by Crippen LogP contribution is 2.24. The van der Waals surface area contributed by atoms with Crippen LogP contribution in [0, 0.1) is 11.7 Å². The van der Waals surface area contributed by atoms with Gasteiger partial charge in [-0.2, -0.15) is 10.1 Å². The van der Waals surface area contributed by atoms with Crippen LogP contribution < -0.4 is 10.2 Å². The summed E-state index contributed by atoms with van der Waals surface area (Å²) in [5, 5.41) is 11.4. The van der Waals surface area contributed by atoms with E-state index in [2.05, 4.69) is 55.7 Å². The highest BCUT2D eigenvalue weighted by molar-refractivity contribution is 5.40. The van der Waals surface area contributed by atoms with Crippen LogP contribution in [0.15, 0.2) is 60.8 Å². The number of nitrogens with zero attached hydrogens (tertiary/aromatic N) is 4. The van der Waals surface area contributed by atoms with Gasteiger partial charge in [0.05, 0.1) is 6.20 Å². The third kappa shape index (κ3) is 4.63. The van der Waals surface area contributed by atoms with Crippen molar-refractivity contribution in [2.45, 2.75) is 25.8 Å². The Bertz CT molecular complexity index is 894. The number of hydrogen-bond donors (Lipinski definition) is 1. The van der Waals surface area contributed by atoms with Gasteiger partial charge in [-0.15, -0.1) is 5.10 Å². The normalized spacial score (nSPS) is 14.8. The van der Waals surface area contributed by atoms with E-state index in [1.54, 1.807) is 18.3 Å². The molecule has 0 amide bonds. The minimum Gasteiger partial charge on any atom is -0.364 e. The van der Waals surface area contributed by atoms with Gasteiger partial charge < -0.3 is 10.2 Å². The first-order valence-electron chi connectivity index (χ1n) is 9.74. The van der Waals surface area contributed by atoms with Crippen molar-refractivity contribution in [3.05, 3.63) is 77.7 Å². The van der Waals surface area contributed by atoms with E-state index < -0.39 is 0 Å². The molecule has 0 unspecified atom stereocenters. The minimum absolute atomic E-state index is 0.224. The number of aromatic nitrogens is 3. The van der Waals surface area contributed by atoms with Gasteiger partial charge in [0.15, 0.2) is 5.82 Å². The number of hydrogen-bond acceptors (Lipinski definition) is 5. The smallest absolute Gasteiger partial charge is 0.247 e. The summed E-state index contributed by atoms with van der Waals surface area (Å²) in [6.07, 6.45) is 4.93. The van der Waals surface area contributed by atoms with Gasteiger partial charge in [-0.05, 0) is 36.8 Å². The average molecular weight is 377 g/mol. The molecule has 1 aromatic heterocycles. The molecule has 1 aliphatic heterocycles. The molecule has 0 spiro atoms. The maximum absolute atomic E-state index is 13.8. The molecule has 6 heteroatoms. The first-order valence-corrected chi connectivity index (χ1v) is 9.74. The summed E-state index contributed by atoms with van der Waals surface area (Å²) in [6.45, 7) is 2.22. The zero-order chi connectivity index (χ0) is 19.2. The maximum atomic E-state index is 13.8. The predicted molar refractivity (Wildman–Crippen MR) is 109 cm³/mol. The van der Waals surface area contributed by atoms with Crippen LogP contribution in [0.3, 0.4) is 0 Å². The molecule has 1 saturated heterocycles. The van der Waals surface area contributed by atoms with Crippen LogP contribution in [0.5, 0.6) is 0 Å². The number of anilines is 2. The van der Waals surface area contributed by atoms with E-state index in [9.17, 15) is 4.39 Å². The molecule has 144 valence electrons. The fourth-order valence-electron chi connectivity index (χ4n) is 3.63. The van der Waals surface area contributed by atoms with E-state index in [0.29, 0.717) is 29.8 Å². The average Bonchev–Trinajstić information content (AvgIpc) is 2.75. The number of piperidine rings is 1. The quantitative estimate of drug-likeness (QED) is 0.701. The molecule has 5 nitrogen and oxygen atoms in total. The van der Waals surface area contributed by atoms with Gasteiger partial charge in [-0.3, -0.25) is 0 Å². The Morgan fingerprint density at radius 1 is 1.00 bits per heavy atom. The summed E-state index contributed by atoms with van der Waals surface area (Å²) >= 11 is 0. The van der Waals surface area contributed by atoms with Crippen molar-refractivity contribution in [2.24, 2.45) is 5.92 Å². The van der Waals surface area contributed by atoms with Crippen LogP contribution in [-0.2, 0) is 13.0 Å². The first-order chi connectivity index (χ1) is 13.8. The molecule has 0 saturated carbocycles. The Kier molecular flexibility index (Phi) is 5.75. The second-order valence-corrected chi connectivity index (χ2v) is 7.21. The van der Waals surface area contributed by atoms with E-state index >= 15 is 0 Å². The largest absolute Gasteiger partial charge is 0.364 e. The van der Waals surface area contributed by atoms with Gasteiger partial charge in [-0.1, -0.05) is 48.5 Å². The van der Waals surface area contributed by atoms with Crippen LogP contribution >= 0.6 is 0 Å². The van der Waals surface area contributed by atoms with Crippen LogP contribution in [0.2, 0.25) is 0 Å². The molecule has 1 N–H and O–H groups in total. The zero-order valence-electron chi connectivity index (χ0n) is 15.8. The van der Waals surface area contributed by atoms with E-state index in [1.165, 1.54) is 11.6 Å². The molecule has 2 heterocycles. The van der Waals surface area contributed by atoms with Crippen molar-refractivity contribution < 1.29 is 4.39 Å². The van der Waals surface area contributed by atoms with Gasteiger partial charge >= 0.3 is 0 Å². The van der Waals surface area contributed by atoms with Gasteiger partial charge in [0.2, 0.25) is 5.95 Å². The Hall–Kier alpha value is -3.02. The van der Waals surface area contributed by atoms with Gasteiger partial charge in [0.1, 0.15) is 5.82 Å². The molecular formula is C22H24FN5. The molecular weight excluding hydrogens is 353 g/mol. The van der Waals surface area contributed by atoms with E-state index in [0.717, 1.165) is 32.4 Å². The predicted octanol–water partition coefficient (Wildman–Crippen LogP) is 4.08. The fraction of sp³-hybridized carbons (Fsp3) is 0.318. The molecule has 0 aliphatic carbocycles. The fourth-order valence-corrected chi connectivity index (χ4v) is 3.63. The Morgan fingerprint density at radius 2 is 1.75 bits per heavy atom. The lowest BCUT2D eigenvalue weighted by molar-refractivity contribution is 0.400. The number of rotatable bonds is 6. The number of halogens is 1. The van der Waals surface area contributed by atoms with Gasteiger partial charge in [0.25, 0.3) is 0 Å². The lowest BCUT2D eigenvalue weighted by Gasteiger charge is -2.31. The highest BCUT2D eigenvalue weighted by Gasteiger charge is 2.21. The summed E-state index contributed by atoms with van der Waals surface area (Å²) in [5.41, 5.74) is 2.00. The summed E-state index contributed by atoms with van der Waals surface area (Å²) in [4.78, 5) is 6.75. The molecule has 2 aromatic carbocycles. The van der Waals surface area contributed by atoms with Crippen molar-refractivity contribution in [2.75, 3.05) is 23.3 Å². The van der Waals surface area contributed by atoms with Crippen molar-refractivity contribution >= 4 is 11.8 Å². The molecule has 1 fully saturated rings. The molecule has 28 heavy (non-hydrogen) atoms. The van der Waals surface area contributed by atoms with Crippen molar-refractivity contribution in [3.8, 4) is 0 Å². The summed E-state index contributed by atoms with van der Waals surface area (Å²) in [6, 6.07) is 17.4. The SMILES string of the molecule is Fc1ccccc1CNc1cnnc(N2CCC(Cc3ccccc3)CC2)n1.